The van der Waals surface area contributed by atoms with Gasteiger partial charge in [0.25, 0.3) is 0 Å². The van der Waals surface area contributed by atoms with Crippen molar-refractivity contribution in [3.63, 3.8) is 0 Å². The topological polar surface area (TPSA) is 118 Å². The van der Waals surface area contributed by atoms with E-state index in [1.54, 1.807) is 0 Å². The summed E-state index contributed by atoms with van der Waals surface area (Å²) in [7, 11) is -4.03. The molecule has 0 unspecified atom stereocenters. The number of carboxylic acids is 1. The van der Waals surface area contributed by atoms with Crippen LogP contribution in [-0.2, 0) is 21.2 Å². The molecule has 0 spiro atoms. The first-order valence-corrected chi connectivity index (χ1v) is 5.42. The molecule has 0 amide bonds. The van der Waals surface area contributed by atoms with Crippen molar-refractivity contribution in [2.45, 2.75) is 11.3 Å². The van der Waals surface area contributed by atoms with Crippen molar-refractivity contribution in [1.82, 2.24) is 0 Å². The van der Waals surface area contributed by atoms with Crippen LogP contribution >= 0.6 is 0 Å². The van der Waals surface area contributed by atoms with Gasteiger partial charge >= 0.3 is 5.97 Å². The number of sulfonamides is 1. The zero-order valence-electron chi connectivity index (χ0n) is 7.54. The van der Waals surface area contributed by atoms with E-state index in [9.17, 15) is 18.3 Å². The number of nitrogens with two attached hydrogens (primary N) is 1. The number of aromatic hydroxyl groups is 1. The lowest BCUT2D eigenvalue weighted by Crippen LogP contribution is -2.13. The van der Waals surface area contributed by atoms with Crippen LogP contribution in [0, 0.1) is 0 Å². The highest BCUT2D eigenvalue weighted by molar-refractivity contribution is 7.89. The van der Waals surface area contributed by atoms with Crippen LogP contribution in [0.15, 0.2) is 23.1 Å². The molecule has 15 heavy (non-hydrogen) atoms. The number of phenols is 1. The second kappa shape index (κ2) is 3.87. The number of hydrogen-bond acceptors (Lipinski definition) is 4. The molecule has 0 saturated heterocycles. The first-order valence-electron chi connectivity index (χ1n) is 3.87. The van der Waals surface area contributed by atoms with Gasteiger partial charge in [-0.2, -0.15) is 0 Å². The molecule has 1 rings (SSSR count). The Labute approximate surface area is 86.0 Å². The molecule has 0 aromatic heterocycles. The lowest BCUT2D eigenvalue weighted by atomic mass is 10.1. The van der Waals surface area contributed by atoms with Crippen molar-refractivity contribution in [1.29, 1.82) is 0 Å². The molecule has 0 saturated carbocycles. The fraction of sp³-hybridized carbons (Fsp3) is 0.125. The molecule has 7 heteroatoms. The maximum Gasteiger partial charge on any atom is 0.307 e. The molecule has 0 radical (unpaired) electrons. The highest BCUT2D eigenvalue weighted by Gasteiger charge is 2.14. The maximum atomic E-state index is 11.0. The summed E-state index contributed by atoms with van der Waals surface area (Å²) in [6.45, 7) is 0. The van der Waals surface area contributed by atoms with Crippen molar-refractivity contribution in [3.05, 3.63) is 23.8 Å². The van der Waals surface area contributed by atoms with Gasteiger partial charge in [-0.3, -0.25) is 4.79 Å². The Balaban J connectivity index is 3.23. The Morgan fingerprint density at radius 2 is 2.00 bits per heavy atom. The third kappa shape index (κ3) is 2.93. The Kier molecular flexibility index (Phi) is 2.96. The van der Waals surface area contributed by atoms with Crippen molar-refractivity contribution >= 4 is 16.0 Å². The second-order valence-electron chi connectivity index (χ2n) is 2.92. The van der Waals surface area contributed by atoms with Crippen molar-refractivity contribution < 1.29 is 23.4 Å². The quantitative estimate of drug-likeness (QED) is 0.658. The molecular formula is C8H9NO5S. The van der Waals surface area contributed by atoms with Gasteiger partial charge in [-0.15, -0.1) is 0 Å². The first-order chi connectivity index (χ1) is 6.80. The van der Waals surface area contributed by atoms with Crippen LogP contribution in [0.5, 0.6) is 5.75 Å². The number of carbonyl (C=O) groups is 1. The van der Waals surface area contributed by atoms with Crippen molar-refractivity contribution in [2.24, 2.45) is 5.14 Å². The fourth-order valence-corrected chi connectivity index (χ4v) is 1.75. The highest BCUT2D eigenvalue weighted by Crippen LogP contribution is 2.22. The van der Waals surface area contributed by atoms with E-state index >= 15 is 0 Å². The average molecular weight is 231 g/mol. The summed E-state index contributed by atoms with van der Waals surface area (Å²) in [4.78, 5) is 9.90. The zero-order valence-corrected chi connectivity index (χ0v) is 8.36. The zero-order chi connectivity index (χ0) is 11.6. The molecule has 4 N–H and O–H groups in total. The van der Waals surface area contributed by atoms with Gasteiger partial charge in [-0.1, -0.05) is 6.07 Å². The van der Waals surface area contributed by atoms with Gasteiger partial charge < -0.3 is 10.2 Å². The van der Waals surface area contributed by atoms with Gasteiger partial charge in [0.05, 0.1) is 6.42 Å². The first kappa shape index (κ1) is 11.5. The third-order valence-electron chi connectivity index (χ3n) is 1.69. The molecule has 0 atom stereocenters. The van der Waals surface area contributed by atoms with E-state index in [0.29, 0.717) is 0 Å². The molecule has 1 aromatic rings. The van der Waals surface area contributed by atoms with Crippen LogP contribution in [-0.4, -0.2) is 24.6 Å². The minimum absolute atomic E-state index is 0.254. The lowest BCUT2D eigenvalue weighted by Gasteiger charge is -2.04. The SMILES string of the molecule is NS(=O)(=O)c1cc(CC(=O)O)ccc1O. The predicted octanol–water partition coefficient (Wildman–Crippen LogP) is -0.333. The summed E-state index contributed by atoms with van der Waals surface area (Å²) in [5.74, 6) is -1.59. The number of hydrogen-bond donors (Lipinski definition) is 3. The van der Waals surface area contributed by atoms with E-state index in [1.165, 1.54) is 6.07 Å². The normalized spacial score (nSPS) is 11.3. The number of phenolic OH excluding ortho intramolecular Hbond substituents is 1. The van der Waals surface area contributed by atoms with Crippen LogP contribution in [0.4, 0.5) is 0 Å². The molecular weight excluding hydrogens is 222 g/mol. The molecule has 0 heterocycles. The number of carboxylic acid groups (broad SMARTS) is 1. The summed E-state index contributed by atoms with van der Waals surface area (Å²) in [5.41, 5.74) is 0.254. The van der Waals surface area contributed by atoms with Crippen molar-refractivity contribution in [3.8, 4) is 5.75 Å². The van der Waals surface area contributed by atoms with E-state index in [0.717, 1.165) is 12.1 Å². The predicted molar refractivity (Wildman–Crippen MR) is 50.8 cm³/mol. The minimum atomic E-state index is -4.03. The van der Waals surface area contributed by atoms with Crippen LogP contribution in [0.25, 0.3) is 0 Å². The van der Waals surface area contributed by atoms with Crippen LogP contribution in [0.1, 0.15) is 5.56 Å². The maximum absolute atomic E-state index is 11.0. The van der Waals surface area contributed by atoms with Crippen molar-refractivity contribution in [2.75, 3.05) is 0 Å². The summed E-state index contributed by atoms with van der Waals surface area (Å²) >= 11 is 0. The van der Waals surface area contributed by atoms with Gasteiger partial charge in [-0.25, -0.2) is 13.6 Å². The van der Waals surface area contributed by atoms with Gasteiger partial charge in [0, 0.05) is 0 Å². The minimum Gasteiger partial charge on any atom is -0.507 e. The summed E-state index contributed by atoms with van der Waals surface area (Å²) in [6.07, 6.45) is -0.331. The molecule has 6 nitrogen and oxygen atoms in total. The van der Waals surface area contributed by atoms with Crippen LogP contribution < -0.4 is 5.14 Å². The smallest absolute Gasteiger partial charge is 0.307 e. The number of aliphatic carboxylic acids is 1. The van der Waals surface area contributed by atoms with Gasteiger partial charge in [0.1, 0.15) is 10.6 Å². The molecule has 82 valence electrons. The molecule has 0 aliphatic heterocycles. The van der Waals surface area contributed by atoms with E-state index in [-0.39, 0.29) is 12.0 Å². The monoisotopic (exact) mass is 231 g/mol. The molecule has 0 fully saturated rings. The van der Waals surface area contributed by atoms with E-state index < -0.39 is 26.6 Å². The van der Waals surface area contributed by atoms with Gasteiger partial charge in [-0.05, 0) is 17.7 Å². The fourth-order valence-electron chi connectivity index (χ4n) is 1.07. The summed E-state index contributed by atoms with van der Waals surface area (Å²) in [6, 6.07) is 3.45. The van der Waals surface area contributed by atoms with Crippen LogP contribution in [0.3, 0.4) is 0 Å². The van der Waals surface area contributed by atoms with E-state index in [2.05, 4.69) is 0 Å². The molecule has 0 aliphatic rings. The third-order valence-corrected chi connectivity index (χ3v) is 2.63. The second-order valence-corrected chi connectivity index (χ2v) is 4.45. The number of rotatable bonds is 3. The number of primary sulfonamides is 1. The molecule has 0 aliphatic carbocycles. The molecule has 1 aromatic carbocycles. The van der Waals surface area contributed by atoms with Crippen LogP contribution in [0.2, 0.25) is 0 Å². The lowest BCUT2D eigenvalue weighted by molar-refractivity contribution is -0.136. The Morgan fingerprint density at radius 3 is 2.47 bits per heavy atom. The summed E-state index contributed by atoms with van der Waals surface area (Å²) in [5, 5.41) is 22.5. The largest absolute Gasteiger partial charge is 0.507 e. The van der Waals surface area contributed by atoms with Gasteiger partial charge in [0.2, 0.25) is 10.0 Å². The molecule has 0 bridgehead atoms. The Bertz CT molecular complexity index is 494. The standard InChI is InChI=1S/C8H9NO5S/c9-15(13,14)7-3-5(4-8(11)12)1-2-6(7)10/h1-3,10H,4H2,(H,11,12)(H2,9,13,14). The van der Waals surface area contributed by atoms with Gasteiger partial charge in [0.15, 0.2) is 0 Å². The Hall–Kier alpha value is -1.60. The average Bonchev–Trinajstić information content (AvgIpc) is 2.05. The number of benzene rings is 1. The van der Waals surface area contributed by atoms with E-state index in [4.69, 9.17) is 10.2 Å². The Morgan fingerprint density at radius 1 is 1.40 bits per heavy atom. The highest BCUT2D eigenvalue weighted by atomic mass is 32.2. The van der Waals surface area contributed by atoms with E-state index in [1.807, 2.05) is 0 Å². The summed E-state index contributed by atoms with van der Waals surface area (Å²) < 4.78 is 21.9.